The molecule has 2 aliphatic rings. The summed E-state index contributed by atoms with van der Waals surface area (Å²) >= 11 is 0. The molecule has 0 unspecified atom stereocenters. The van der Waals surface area contributed by atoms with E-state index in [4.69, 9.17) is 9.73 Å². The van der Waals surface area contributed by atoms with Crippen LogP contribution < -0.4 is 4.74 Å². The fourth-order valence-corrected chi connectivity index (χ4v) is 3.66. The normalized spacial score (nSPS) is 22.5. The number of benzene rings is 2. The molecule has 4 heteroatoms. The van der Waals surface area contributed by atoms with E-state index in [-0.39, 0.29) is 5.91 Å². The molecule has 2 heterocycles. The summed E-state index contributed by atoms with van der Waals surface area (Å²) in [5, 5.41) is 0. The van der Waals surface area contributed by atoms with Crippen molar-refractivity contribution in [1.29, 1.82) is 0 Å². The van der Waals surface area contributed by atoms with E-state index in [1.54, 1.807) is 4.90 Å². The third-order valence-corrected chi connectivity index (χ3v) is 5.15. The van der Waals surface area contributed by atoms with E-state index in [9.17, 15) is 4.79 Å². The molecular formula is C21H22N2O2. The van der Waals surface area contributed by atoms with Crippen molar-refractivity contribution >= 4 is 11.6 Å². The summed E-state index contributed by atoms with van der Waals surface area (Å²) in [6, 6.07) is 18.2. The van der Waals surface area contributed by atoms with Crippen LogP contribution in [-0.2, 0) is 11.4 Å². The van der Waals surface area contributed by atoms with Gasteiger partial charge in [0.05, 0.1) is 0 Å². The molecule has 2 aliphatic heterocycles. The minimum atomic E-state index is -0.509. The zero-order valence-corrected chi connectivity index (χ0v) is 14.4. The Morgan fingerprint density at radius 1 is 1.12 bits per heavy atom. The summed E-state index contributed by atoms with van der Waals surface area (Å²) in [6.07, 6.45) is 2.50. The minimum absolute atomic E-state index is 0.166. The molecule has 2 aromatic carbocycles. The highest BCUT2D eigenvalue weighted by Crippen LogP contribution is 2.37. The Morgan fingerprint density at radius 3 is 2.72 bits per heavy atom. The van der Waals surface area contributed by atoms with Crippen LogP contribution in [0.3, 0.4) is 0 Å². The van der Waals surface area contributed by atoms with E-state index in [2.05, 4.69) is 18.2 Å². The van der Waals surface area contributed by atoms with E-state index in [1.807, 2.05) is 43.4 Å². The lowest BCUT2D eigenvalue weighted by molar-refractivity contribution is -0.130. The first-order valence-electron chi connectivity index (χ1n) is 8.78. The molecule has 1 amide bonds. The van der Waals surface area contributed by atoms with Crippen LogP contribution in [0.15, 0.2) is 59.6 Å². The summed E-state index contributed by atoms with van der Waals surface area (Å²) in [5.41, 5.74) is 2.72. The topological polar surface area (TPSA) is 41.9 Å². The number of nitrogens with zero attached hydrogens (tertiary/aromatic N) is 2. The second-order valence-electron chi connectivity index (χ2n) is 6.87. The third-order valence-electron chi connectivity index (χ3n) is 5.15. The van der Waals surface area contributed by atoms with Gasteiger partial charge in [0.15, 0.2) is 0 Å². The van der Waals surface area contributed by atoms with Gasteiger partial charge in [0.1, 0.15) is 17.9 Å². The number of carbonyl (C=O) groups is 1. The smallest absolute Gasteiger partial charge is 0.250 e. The Bertz CT molecular complexity index is 816. The molecular weight excluding hydrogens is 312 g/mol. The molecule has 0 N–H and O–H groups in total. The highest BCUT2D eigenvalue weighted by molar-refractivity contribution is 6.06. The molecule has 0 bridgehead atoms. The summed E-state index contributed by atoms with van der Waals surface area (Å²) in [5.74, 6) is 0.999. The van der Waals surface area contributed by atoms with Gasteiger partial charge in [-0.3, -0.25) is 9.79 Å². The molecule has 2 aromatic rings. The zero-order valence-electron chi connectivity index (χ0n) is 14.4. The van der Waals surface area contributed by atoms with E-state index in [0.29, 0.717) is 6.61 Å². The van der Waals surface area contributed by atoms with Gasteiger partial charge in [-0.05, 0) is 42.5 Å². The van der Waals surface area contributed by atoms with Crippen LogP contribution in [-0.4, -0.2) is 35.7 Å². The van der Waals surface area contributed by atoms with Crippen molar-refractivity contribution in [3.8, 4) is 5.75 Å². The number of hydrogen-bond donors (Lipinski definition) is 0. The Kier molecular flexibility index (Phi) is 4.04. The Morgan fingerprint density at radius 2 is 1.96 bits per heavy atom. The number of amides is 1. The zero-order chi connectivity index (χ0) is 17.3. The van der Waals surface area contributed by atoms with Crippen molar-refractivity contribution in [2.75, 3.05) is 13.6 Å². The van der Waals surface area contributed by atoms with Gasteiger partial charge in [-0.15, -0.1) is 0 Å². The van der Waals surface area contributed by atoms with Gasteiger partial charge in [-0.2, -0.15) is 0 Å². The Hall–Kier alpha value is -2.62. The first-order chi connectivity index (χ1) is 12.2. The van der Waals surface area contributed by atoms with Gasteiger partial charge >= 0.3 is 0 Å². The predicted molar refractivity (Wildman–Crippen MR) is 98.0 cm³/mol. The van der Waals surface area contributed by atoms with Crippen molar-refractivity contribution in [3.05, 3.63) is 65.7 Å². The Balaban J connectivity index is 1.51. The Labute approximate surface area is 148 Å². The number of hydrogen-bond acceptors (Lipinski definition) is 3. The van der Waals surface area contributed by atoms with Crippen LogP contribution in [0.5, 0.6) is 5.75 Å². The predicted octanol–water partition coefficient (Wildman–Crippen LogP) is 3.45. The number of likely N-dealkylation sites (tertiary alicyclic amines) is 1. The standard InChI is InChI=1S/C21H22N2O2/c1-23-13-12-21(20(23)24)11-10-19(22-21)17-8-5-9-18(14-17)25-15-16-6-3-2-4-7-16/h2-9,14H,10-13,15H2,1H3/t21-/m1/s1. The molecule has 25 heavy (non-hydrogen) atoms. The molecule has 1 saturated heterocycles. The molecule has 0 saturated carbocycles. The number of carbonyl (C=O) groups excluding carboxylic acids is 1. The maximum absolute atomic E-state index is 12.4. The summed E-state index contributed by atoms with van der Waals surface area (Å²) < 4.78 is 5.92. The lowest BCUT2D eigenvalue weighted by Crippen LogP contribution is -2.35. The van der Waals surface area contributed by atoms with Crippen LogP contribution in [0.2, 0.25) is 0 Å². The van der Waals surface area contributed by atoms with Gasteiger partial charge in [0.2, 0.25) is 5.91 Å². The van der Waals surface area contributed by atoms with Crippen molar-refractivity contribution in [2.24, 2.45) is 4.99 Å². The quantitative estimate of drug-likeness (QED) is 0.859. The molecule has 0 aromatic heterocycles. The molecule has 128 valence electrons. The van der Waals surface area contributed by atoms with Gasteiger partial charge in [0, 0.05) is 19.3 Å². The van der Waals surface area contributed by atoms with Crippen molar-refractivity contribution in [1.82, 2.24) is 4.90 Å². The number of rotatable bonds is 4. The second kappa shape index (κ2) is 6.36. The van der Waals surface area contributed by atoms with Gasteiger partial charge in [-0.1, -0.05) is 42.5 Å². The molecule has 1 fully saturated rings. The van der Waals surface area contributed by atoms with Crippen LogP contribution >= 0.6 is 0 Å². The molecule has 4 rings (SSSR count). The molecule has 1 spiro atoms. The maximum atomic E-state index is 12.4. The summed E-state index contributed by atoms with van der Waals surface area (Å²) in [4.78, 5) is 19.1. The maximum Gasteiger partial charge on any atom is 0.250 e. The highest BCUT2D eigenvalue weighted by atomic mass is 16.5. The molecule has 0 radical (unpaired) electrons. The summed E-state index contributed by atoms with van der Waals surface area (Å²) in [7, 11) is 1.86. The number of aliphatic imine (C=N–C) groups is 1. The van der Waals surface area contributed by atoms with Crippen LogP contribution in [0.1, 0.15) is 30.4 Å². The average molecular weight is 334 g/mol. The van der Waals surface area contributed by atoms with Crippen LogP contribution in [0.4, 0.5) is 0 Å². The second-order valence-corrected chi connectivity index (χ2v) is 6.87. The lowest BCUT2D eigenvalue weighted by atomic mass is 9.95. The molecule has 1 atom stereocenters. The summed E-state index contributed by atoms with van der Waals surface area (Å²) in [6.45, 7) is 1.35. The van der Waals surface area contributed by atoms with Crippen molar-refractivity contribution in [3.63, 3.8) is 0 Å². The molecule has 0 aliphatic carbocycles. The SMILES string of the molecule is CN1CC[C@]2(CCC(c3cccc(OCc4ccccc4)c3)=N2)C1=O. The number of likely N-dealkylation sites (N-methyl/N-ethyl adjacent to an activating group) is 1. The van der Waals surface area contributed by atoms with Crippen LogP contribution in [0.25, 0.3) is 0 Å². The van der Waals surface area contributed by atoms with Crippen molar-refractivity contribution < 1.29 is 9.53 Å². The monoisotopic (exact) mass is 334 g/mol. The first-order valence-corrected chi connectivity index (χ1v) is 8.78. The largest absolute Gasteiger partial charge is 0.489 e. The van der Waals surface area contributed by atoms with Crippen LogP contribution in [0, 0.1) is 0 Å². The van der Waals surface area contributed by atoms with Gasteiger partial charge in [-0.25, -0.2) is 0 Å². The third kappa shape index (κ3) is 3.04. The van der Waals surface area contributed by atoms with E-state index in [1.165, 1.54) is 0 Å². The highest BCUT2D eigenvalue weighted by Gasteiger charge is 2.48. The van der Waals surface area contributed by atoms with E-state index < -0.39 is 5.54 Å². The van der Waals surface area contributed by atoms with Gasteiger partial charge in [0.25, 0.3) is 0 Å². The first kappa shape index (κ1) is 15.9. The minimum Gasteiger partial charge on any atom is -0.489 e. The number of ether oxygens (including phenoxy) is 1. The van der Waals surface area contributed by atoms with E-state index >= 15 is 0 Å². The van der Waals surface area contributed by atoms with E-state index in [0.717, 1.165) is 48.4 Å². The molecule has 4 nitrogen and oxygen atoms in total. The lowest BCUT2D eigenvalue weighted by Gasteiger charge is -2.17. The average Bonchev–Trinajstić information content (AvgIpc) is 3.21. The van der Waals surface area contributed by atoms with Crippen molar-refractivity contribution in [2.45, 2.75) is 31.4 Å². The fourth-order valence-electron chi connectivity index (χ4n) is 3.66. The fraction of sp³-hybridized carbons (Fsp3) is 0.333. The van der Waals surface area contributed by atoms with Gasteiger partial charge < -0.3 is 9.64 Å².